The van der Waals surface area contributed by atoms with E-state index in [0.29, 0.717) is 23.2 Å². The van der Waals surface area contributed by atoms with Crippen LogP contribution in [0.4, 0.5) is 4.39 Å². The molecule has 1 unspecified atom stereocenters. The molecule has 1 atom stereocenters. The van der Waals surface area contributed by atoms with Crippen molar-refractivity contribution >= 4 is 50.8 Å². The Balaban J connectivity index is 0.000000264. The average molecular weight is 1190 g/mol. The van der Waals surface area contributed by atoms with Crippen LogP contribution in [0, 0.1) is 44.6 Å². The maximum atomic E-state index is 14.1. The first-order valence-corrected chi connectivity index (χ1v) is 32.2. The molecular formula is C63H62FGeIrN5O-2. The first-order chi connectivity index (χ1) is 35.2. The molecule has 0 aliphatic heterocycles. The summed E-state index contributed by atoms with van der Waals surface area (Å²) < 4.78 is 46.3. The van der Waals surface area contributed by atoms with Crippen LogP contribution in [0.25, 0.3) is 83.7 Å². The van der Waals surface area contributed by atoms with Crippen molar-refractivity contribution < 1.29 is 33.0 Å². The second-order valence-electron chi connectivity index (χ2n) is 21.3. The Morgan fingerprint density at radius 2 is 1.47 bits per heavy atom. The SMILES string of the molecule is Cc1cc2nc(-c3[c-]ccc4c3oc3nc(C(C)C5CCCC5)ccc34)n(-c3c(-c4ccccc4)cc(C(C)(C)C)cc3-c3ccccc3)c2c(C)n1.[2H]C([2H])([2H])c1c[c-]c(-c2cc[c]([Ge]([CH3])([CH3])[CH3])cn2)c(F)c1.[Ir]. The zero-order valence-corrected chi connectivity index (χ0v) is 47.0. The quantitative estimate of drug-likeness (QED) is 0.112. The number of hydrogen-bond acceptors (Lipinski definition) is 5. The summed E-state index contributed by atoms with van der Waals surface area (Å²) in [4.78, 5) is 19.9. The van der Waals surface area contributed by atoms with Crippen molar-refractivity contribution in [3.8, 4) is 50.6 Å². The predicted octanol–water partition coefficient (Wildman–Crippen LogP) is 16.3. The van der Waals surface area contributed by atoms with Crippen molar-refractivity contribution in [3.05, 3.63) is 180 Å². The number of imidazole rings is 1. The molecule has 1 radical (unpaired) electrons. The second-order valence-corrected chi connectivity index (χ2v) is 32.0. The number of hydrogen-bond donors (Lipinski definition) is 0. The summed E-state index contributed by atoms with van der Waals surface area (Å²) in [6, 6.07) is 49.2. The van der Waals surface area contributed by atoms with E-state index in [2.05, 4.69) is 171 Å². The minimum absolute atomic E-state index is 0. The van der Waals surface area contributed by atoms with Gasteiger partial charge in [-0.25, -0.2) is 4.98 Å². The van der Waals surface area contributed by atoms with Gasteiger partial charge in [0.2, 0.25) is 5.71 Å². The maximum Gasteiger partial charge on any atom is 0 e. The number of furan rings is 1. The Hall–Kier alpha value is -6.06. The fourth-order valence-electron chi connectivity index (χ4n) is 10.2. The van der Waals surface area contributed by atoms with E-state index < -0.39 is 25.9 Å². The van der Waals surface area contributed by atoms with E-state index in [9.17, 15) is 4.39 Å². The number of halogens is 1. The normalized spacial score (nSPS) is 14.4. The number of fused-ring (bicyclic) bond motifs is 4. The van der Waals surface area contributed by atoms with Crippen molar-refractivity contribution in [1.29, 1.82) is 0 Å². The molecule has 1 aliphatic rings. The van der Waals surface area contributed by atoms with Crippen molar-refractivity contribution in [2.24, 2.45) is 5.92 Å². The first kappa shape index (κ1) is 47.0. The zero-order valence-electron chi connectivity index (χ0n) is 45.5. The van der Waals surface area contributed by atoms with Gasteiger partial charge >= 0.3 is 114 Å². The van der Waals surface area contributed by atoms with Crippen LogP contribution in [0.5, 0.6) is 0 Å². The van der Waals surface area contributed by atoms with Crippen LogP contribution in [0.2, 0.25) is 17.3 Å². The molecule has 0 N–H and O–H groups in total. The number of rotatable bonds is 8. The first-order valence-electron chi connectivity index (χ1n) is 26.3. The van der Waals surface area contributed by atoms with Gasteiger partial charge < -0.3 is 8.98 Å². The largest absolute Gasteiger partial charge is 0 e. The van der Waals surface area contributed by atoms with E-state index in [0.717, 1.165) is 89.9 Å². The van der Waals surface area contributed by atoms with Crippen LogP contribution in [0.1, 0.15) is 91.6 Å². The summed E-state index contributed by atoms with van der Waals surface area (Å²) in [6.07, 6.45) is 6.97. The van der Waals surface area contributed by atoms with Gasteiger partial charge in [-0.15, -0.1) is 18.2 Å². The molecule has 367 valence electrons. The van der Waals surface area contributed by atoms with Crippen LogP contribution in [-0.2, 0) is 25.5 Å². The van der Waals surface area contributed by atoms with E-state index in [1.165, 1.54) is 41.7 Å². The molecule has 72 heavy (non-hydrogen) atoms. The third-order valence-electron chi connectivity index (χ3n) is 14.2. The zero-order chi connectivity index (χ0) is 52.3. The molecule has 0 saturated heterocycles. The molecule has 5 aromatic heterocycles. The molecule has 0 bridgehead atoms. The molecule has 1 aliphatic carbocycles. The topological polar surface area (TPSA) is 69.6 Å². The summed E-state index contributed by atoms with van der Waals surface area (Å²) in [5, 5.41) is 2.03. The van der Waals surface area contributed by atoms with Crippen molar-refractivity contribution in [2.45, 2.75) is 103 Å². The number of nitrogens with zero attached hydrogens (tertiary/aromatic N) is 5. The van der Waals surface area contributed by atoms with Crippen molar-refractivity contribution in [3.63, 3.8) is 0 Å². The Kier molecular flexibility index (Phi) is 13.3. The molecule has 1 fully saturated rings. The average Bonchev–Trinajstić information content (AvgIpc) is 4.15. The van der Waals surface area contributed by atoms with Gasteiger partial charge in [0, 0.05) is 53.9 Å². The van der Waals surface area contributed by atoms with Crippen LogP contribution in [0.15, 0.2) is 138 Å². The molecular weight excluding hydrogens is 1130 g/mol. The van der Waals surface area contributed by atoms with Gasteiger partial charge in [-0.3, -0.25) is 9.97 Å². The van der Waals surface area contributed by atoms with Gasteiger partial charge in [-0.05, 0) is 85.0 Å². The number of pyridine rings is 3. The van der Waals surface area contributed by atoms with Crippen LogP contribution < -0.4 is 4.40 Å². The standard InChI is InChI=1S/C48H45N4O.C15H17FGeN.Ir/c1-29-26-42-43(31(3)49-29)52(44-39(33-18-9-7-10-19-33)27-35(48(4,5)6)28-40(44)34-20-11-8-12-21-34)46(50-42)38-23-15-22-36-37-24-25-41(51-47(37)53-45(36)38)30(2)32-16-13-14-17-32;1-11-5-7-13(14(16)9-11)15-8-6-12(10-18-15)17(2,3)4;/h7-12,15,18-22,24-28,30,32H,13-14,16-17H2,1-6H3;5-6,8-10H,1-4H3;/q2*-1;/i;1D3;. The molecule has 1 saturated carbocycles. The van der Waals surface area contributed by atoms with E-state index in [1.807, 2.05) is 19.1 Å². The third kappa shape index (κ3) is 10.0. The predicted molar refractivity (Wildman–Crippen MR) is 294 cm³/mol. The van der Waals surface area contributed by atoms with Crippen LogP contribution >= 0.6 is 0 Å². The van der Waals surface area contributed by atoms with Gasteiger partial charge in [0.15, 0.2) is 0 Å². The second kappa shape index (κ2) is 20.5. The summed E-state index contributed by atoms with van der Waals surface area (Å²) in [5.41, 5.74) is 14.4. The molecule has 10 aromatic rings. The number of aryl methyl sites for hydroxylation is 3. The summed E-state index contributed by atoms with van der Waals surface area (Å²) >= 11 is -1.94. The minimum atomic E-state index is -2.33. The molecule has 5 aromatic carbocycles. The van der Waals surface area contributed by atoms with Gasteiger partial charge in [0.25, 0.3) is 0 Å². The Morgan fingerprint density at radius 3 is 2.07 bits per heavy atom. The fraction of sp³-hybridized carbons (Fsp3) is 0.270. The number of benzene rings is 5. The van der Waals surface area contributed by atoms with Gasteiger partial charge in [-0.2, -0.15) is 0 Å². The van der Waals surface area contributed by atoms with E-state index in [4.69, 9.17) is 23.5 Å². The summed E-state index contributed by atoms with van der Waals surface area (Å²) in [5.74, 6) is 8.00. The molecule has 0 amide bonds. The minimum Gasteiger partial charge on any atom is 0 e. The van der Waals surface area contributed by atoms with E-state index in [1.54, 1.807) is 12.3 Å². The molecule has 6 nitrogen and oxygen atoms in total. The van der Waals surface area contributed by atoms with Gasteiger partial charge in [0.05, 0.1) is 33.8 Å². The Bertz CT molecular complexity index is 3630. The monoisotopic (exact) mass is 1190 g/mol. The van der Waals surface area contributed by atoms with Crippen molar-refractivity contribution in [2.75, 3.05) is 0 Å². The third-order valence-corrected chi connectivity index (χ3v) is 18.5. The van der Waals surface area contributed by atoms with Crippen LogP contribution in [-0.4, -0.2) is 37.8 Å². The van der Waals surface area contributed by atoms with Crippen LogP contribution in [0.3, 0.4) is 0 Å². The molecule has 11 rings (SSSR count). The van der Waals surface area contributed by atoms with E-state index >= 15 is 0 Å². The molecule has 9 heteroatoms. The van der Waals surface area contributed by atoms with E-state index in [-0.39, 0.29) is 36.6 Å². The van der Waals surface area contributed by atoms with Crippen molar-refractivity contribution in [1.82, 2.24) is 24.5 Å². The Labute approximate surface area is 444 Å². The number of aromatic nitrogens is 5. The van der Waals surface area contributed by atoms with Gasteiger partial charge in [0.1, 0.15) is 0 Å². The smallest absolute Gasteiger partial charge is 0 e. The maximum absolute atomic E-state index is 14.1. The van der Waals surface area contributed by atoms with Gasteiger partial charge in [-0.1, -0.05) is 112 Å². The molecule has 5 heterocycles. The Morgan fingerprint density at radius 1 is 0.792 bits per heavy atom. The fourth-order valence-corrected chi connectivity index (χ4v) is 12.4. The molecule has 0 spiro atoms. The summed E-state index contributed by atoms with van der Waals surface area (Å²) in [7, 11) is 0. The summed E-state index contributed by atoms with van der Waals surface area (Å²) in [6.45, 7) is 11.0.